The average Bonchev–Trinajstić information content (AvgIpc) is 2.87. The largest absolute Gasteiger partial charge is 0.327 e. The summed E-state index contributed by atoms with van der Waals surface area (Å²) in [5, 5.41) is 4.36. The lowest BCUT2D eigenvalue weighted by Gasteiger charge is -2.06. The predicted octanol–water partition coefficient (Wildman–Crippen LogP) is 2.13. The molecule has 0 amide bonds. The summed E-state index contributed by atoms with van der Waals surface area (Å²) in [6.45, 7) is 1.91. The molecule has 0 aliphatic rings. The third-order valence-corrected chi connectivity index (χ3v) is 4.77. The van der Waals surface area contributed by atoms with Crippen molar-refractivity contribution in [2.24, 2.45) is 7.05 Å². The van der Waals surface area contributed by atoms with Crippen LogP contribution >= 0.6 is 12.2 Å². The van der Waals surface area contributed by atoms with Crippen LogP contribution in [-0.2, 0) is 16.9 Å². The first-order valence-corrected chi connectivity index (χ1v) is 8.54. The van der Waals surface area contributed by atoms with Crippen molar-refractivity contribution < 1.29 is 8.42 Å². The van der Waals surface area contributed by atoms with Gasteiger partial charge in [0, 0.05) is 19.0 Å². The monoisotopic (exact) mass is 322 g/mol. The summed E-state index contributed by atoms with van der Waals surface area (Å²) in [6, 6.07) is 6.63. The number of H-pyrrole nitrogens is 1. The number of aryl methyl sites for hydroxylation is 2. The molecule has 3 rings (SSSR count). The number of benzene rings is 1. The molecule has 8 heteroatoms. The van der Waals surface area contributed by atoms with Crippen LogP contribution in [0.1, 0.15) is 5.69 Å². The van der Waals surface area contributed by atoms with Crippen LogP contribution in [0.15, 0.2) is 29.2 Å². The normalized spacial score (nSPS) is 12.1. The number of nitrogens with one attached hydrogen (secondary N) is 1. The number of rotatable bonds is 2. The van der Waals surface area contributed by atoms with E-state index in [4.69, 9.17) is 12.2 Å². The lowest BCUT2D eigenvalue weighted by Crippen LogP contribution is -2.02. The minimum absolute atomic E-state index is 0.283. The Morgan fingerprint density at radius 3 is 2.43 bits per heavy atom. The Kier molecular flexibility index (Phi) is 3.03. The quantitative estimate of drug-likeness (QED) is 0.734. The number of aromatic nitrogens is 4. The van der Waals surface area contributed by atoms with Crippen LogP contribution in [0.3, 0.4) is 0 Å². The van der Waals surface area contributed by atoms with Gasteiger partial charge in [-0.2, -0.15) is 5.10 Å². The van der Waals surface area contributed by atoms with Crippen molar-refractivity contribution in [2.45, 2.75) is 11.8 Å². The summed E-state index contributed by atoms with van der Waals surface area (Å²) in [6.07, 6.45) is 1.19. The molecular weight excluding hydrogens is 308 g/mol. The summed E-state index contributed by atoms with van der Waals surface area (Å²) in [5.41, 5.74) is 3.39. The van der Waals surface area contributed by atoms with Crippen molar-refractivity contribution in [3.8, 4) is 5.69 Å². The van der Waals surface area contributed by atoms with Gasteiger partial charge in [0.05, 0.1) is 10.6 Å². The molecule has 0 saturated carbocycles. The fourth-order valence-electron chi connectivity index (χ4n) is 2.39. The maximum absolute atomic E-state index is 11.5. The number of sulfone groups is 1. The summed E-state index contributed by atoms with van der Waals surface area (Å²) in [5.74, 6) is 0. The molecule has 0 fully saturated rings. The van der Waals surface area contributed by atoms with Gasteiger partial charge in [-0.3, -0.25) is 4.57 Å². The van der Waals surface area contributed by atoms with Crippen LogP contribution in [0, 0.1) is 11.7 Å². The van der Waals surface area contributed by atoms with E-state index in [0.29, 0.717) is 4.77 Å². The Labute approximate surface area is 126 Å². The second-order valence-electron chi connectivity index (χ2n) is 4.94. The van der Waals surface area contributed by atoms with Crippen molar-refractivity contribution >= 4 is 33.2 Å². The van der Waals surface area contributed by atoms with E-state index in [1.165, 1.54) is 6.26 Å². The van der Waals surface area contributed by atoms with Gasteiger partial charge in [-0.25, -0.2) is 13.1 Å². The molecule has 0 bridgehead atoms. The summed E-state index contributed by atoms with van der Waals surface area (Å²) in [4.78, 5) is 3.42. The molecule has 2 heterocycles. The Morgan fingerprint density at radius 1 is 1.24 bits per heavy atom. The zero-order chi connectivity index (χ0) is 15.4. The first-order chi connectivity index (χ1) is 9.79. The fourth-order valence-corrected chi connectivity index (χ4v) is 3.31. The first kappa shape index (κ1) is 14.0. The van der Waals surface area contributed by atoms with E-state index in [-0.39, 0.29) is 4.90 Å². The van der Waals surface area contributed by atoms with Crippen LogP contribution < -0.4 is 0 Å². The highest BCUT2D eigenvalue weighted by Gasteiger charge is 2.14. The van der Waals surface area contributed by atoms with Gasteiger partial charge >= 0.3 is 0 Å². The third kappa shape index (κ3) is 2.20. The Morgan fingerprint density at radius 2 is 1.86 bits per heavy atom. The molecule has 0 radical (unpaired) electrons. The molecule has 2 aromatic heterocycles. The number of hydrogen-bond donors (Lipinski definition) is 1. The number of aromatic amines is 1. The maximum Gasteiger partial charge on any atom is 0.184 e. The SMILES string of the molecule is Cc1nn(C)c2c1[nH]c(=S)n2-c1ccc(S(C)(=O)=O)cc1. The molecular formula is C13H14N4O2S2. The van der Waals surface area contributed by atoms with Crippen LogP contribution in [0.4, 0.5) is 0 Å². The van der Waals surface area contributed by atoms with E-state index in [2.05, 4.69) is 10.1 Å². The molecule has 1 aromatic carbocycles. The van der Waals surface area contributed by atoms with Crippen LogP contribution in [0.2, 0.25) is 0 Å². The third-order valence-electron chi connectivity index (χ3n) is 3.36. The molecule has 0 aliphatic heterocycles. The smallest absolute Gasteiger partial charge is 0.184 e. The molecule has 6 nitrogen and oxygen atoms in total. The van der Waals surface area contributed by atoms with Crippen molar-refractivity contribution in [3.05, 3.63) is 34.7 Å². The molecule has 110 valence electrons. The molecule has 0 spiro atoms. The lowest BCUT2D eigenvalue weighted by atomic mass is 10.3. The van der Waals surface area contributed by atoms with E-state index in [0.717, 1.165) is 22.5 Å². The van der Waals surface area contributed by atoms with Crippen molar-refractivity contribution in [3.63, 3.8) is 0 Å². The molecule has 0 saturated heterocycles. The molecule has 1 N–H and O–H groups in total. The molecule has 0 aliphatic carbocycles. The number of hydrogen-bond acceptors (Lipinski definition) is 4. The standard InChI is InChI=1S/C13H14N4O2S2/c1-8-11-12(16(2)15-8)17(13(20)14-11)9-4-6-10(7-5-9)21(3,18)19/h4-7H,1-3H3,(H,14,20). The second kappa shape index (κ2) is 4.54. The van der Waals surface area contributed by atoms with Gasteiger partial charge in [-0.15, -0.1) is 0 Å². The zero-order valence-corrected chi connectivity index (χ0v) is 13.4. The first-order valence-electron chi connectivity index (χ1n) is 6.24. The van der Waals surface area contributed by atoms with Crippen molar-refractivity contribution in [1.29, 1.82) is 0 Å². The van der Waals surface area contributed by atoms with Crippen molar-refractivity contribution in [1.82, 2.24) is 19.3 Å². The number of imidazole rings is 1. The van der Waals surface area contributed by atoms with E-state index in [1.807, 2.05) is 18.5 Å². The minimum Gasteiger partial charge on any atom is -0.327 e. The van der Waals surface area contributed by atoms with Gasteiger partial charge in [0.1, 0.15) is 5.52 Å². The molecule has 0 atom stereocenters. The number of nitrogens with zero attached hydrogens (tertiary/aromatic N) is 3. The second-order valence-corrected chi connectivity index (χ2v) is 7.34. The molecule has 0 unspecified atom stereocenters. The van der Waals surface area contributed by atoms with E-state index in [1.54, 1.807) is 28.9 Å². The van der Waals surface area contributed by atoms with E-state index >= 15 is 0 Å². The van der Waals surface area contributed by atoms with Gasteiger partial charge in [-0.05, 0) is 43.4 Å². The van der Waals surface area contributed by atoms with Crippen molar-refractivity contribution in [2.75, 3.05) is 6.26 Å². The summed E-state index contributed by atoms with van der Waals surface area (Å²) in [7, 11) is -1.36. The Bertz CT molecular complexity index is 991. The highest BCUT2D eigenvalue weighted by molar-refractivity contribution is 7.90. The van der Waals surface area contributed by atoms with Gasteiger partial charge in [0.2, 0.25) is 0 Å². The predicted molar refractivity (Wildman–Crippen MR) is 83.1 cm³/mol. The van der Waals surface area contributed by atoms with E-state index < -0.39 is 9.84 Å². The summed E-state index contributed by atoms with van der Waals surface area (Å²) < 4.78 is 27.2. The summed E-state index contributed by atoms with van der Waals surface area (Å²) >= 11 is 5.36. The maximum atomic E-state index is 11.5. The minimum atomic E-state index is -3.21. The average molecular weight is 322 g/mol. The highest BCUT2D eigenvalue weighted by Crippen LogP contribution is 2.22. The van der Waals surface area contributed by atoms with Gasteiger partial charge in [-0.1, -0.05) is 0 Å². The van der Waals surface area contributed by atoms with Crippen LogP contribution in [0.25, 0.3) is 16.9 Å². The molecule has 3 aromatic rings. The number of fused-ring (bicyclic) bond motifs is 1. The lowest BCUT2D eigenvalue weighted by molar-refractivity contribution is 0.602. The Balaban J connectivity index is 2.26. The zero-order valence-electron chi connectivity index (χ0n) is 11.8. The fraction of sp³-hybridized carbons (Fsp3) is 0.231. The van der Waals surface area contributed by atoms with Crippen LogP contribution in [-0.4, -0.2) is 34.0 Å². The molecule has 21 heavy (non-hydrogen) atoms. The van der Waals surface area contributed by atoms with Gasteiger partial charge < -0.3 is 4.98 Å². The van der Waals surface area contributed by atoms with E-state index in [9.17, 15) is 8.42 Å². The van der Waals surface area contributed by atoms with Gasteiger partial charge in [0.15, 0.2) is 20.3 Å². The highest BCUT2D eigenvalue weighted by atomic mass is 32.2. The van der Waals surface area contributed by atoms with Gasteiger partial charge in [0.25, 0.3) is 0 Å². The Hall–Kier alpha value is -1.93. The topological polar surface area (TPSA) is 72.7 Å². The van der Waals surface area contributed by atoms with Crippen LogP contribution in [0.5, 0.6) is 0 Å².